The molecule has 1 unspecified atom stereocenters. The summed E-state index contributed by atoms with van der Waals surface area (Å²) in [4.78, 5) is 28.2. The number of carbonyl (C=O) groups is 2. The lowest BCUT2D eigenvalue weighted by Gasteiger charge is -2.35. The lowest BCUT2D eigenvalue weighted by atomic mass is 9.95. The van der Waals surface area contributed by atoms with E-state index in [1.54, 1.807) is 4.90 Å². The molecule has 4 rings (SSSR count). The number of benzene rings is 1. The molecule has 24 heavy (non-hydrogen) atoms. The average Bonchev–Trinajstić information content (AvgIpc) is 3.14. The number of fused-ring (bicyclic) bond motifs is 1. The largest absolute Gasteiger partial charge is 0.376 e. The molecule has 6 heteroatoms. The van der Waals surface area contributed by atoms with Crippen molar-refractivity contribution in [1.82, 2.24) is 10.2 Å². The molecule has 2 aliphatic heterocycles. The SMILES string of the molecule is O=C1NCCN(C(=O)c2cccc3c2CCOC3)C1c1cccs1. The Morgan fingerprint density at radius 1 is 1.29 bits per heavy atom. The molecule has 1 saturated heterocycles. The molecule has 1 aromatic carbocycles. The van der Waals surface area contributed by atoms with Crippen LogP contribution in [0.3, 0.4) is 0 Å². The van der Waals surface area contributed by atoms with Crippen molar-refractivity contribution in [2.75, 3.05) is 19.7 Å². The number of hydrogen-bond acceptors (Lipinski definition) is 4. The Kier molecular flexibility index (Phi) is 4.08. The van der Waals surface area contributed by atoms with Crippen LogP contribution >= 0.6 is 11.3 Å². The maximum Gasteiger partial charge on any atom is 0.255 e. The Labute approximate surface area is 144 Å². The minimum absolute atomic E-state index is 0.0676. The predicted octanol–water partition coefficient (Wildman–Crippen LogP) is 2.13. The highest BCUT2D eigenvalue weighted by Crippen LogP contribution is 2.30. The zero-order valence-corrected chi connectivity index (χ0v) is 14.0. The van der Waals surface area contributed by atoms with Crippen molar-refractivity contribution in [3.05, 3.63) is 57.3 Å². The van der Waals surface area contributed by atoms with Gasteiger partial charge in [-0.3, -0.25) is 9.59 Å². The summed E-state index contributed by atoms with van der Waals surface area (Å²) in [6.45, 7) is 2.19. The monoisotopic (exact) mass is 342 g/mol. The van der Waals surface area contributed by atoms with Gasteiger partial charge in [-0.1, -0.05) is 18.2 Å². The summed E-state index contributed by atoms with van der Waals surface area (Å²) in [6, 6.07) is 9.04. The summed E-state index contributed by atoms with van der Waals surface area (Å²) in [5.41, 5.74) is 2.83. The van der Waals surface area contributed by atoms with E-state index in [0.717, 1.165) is 22.4 Å². The van der Waals surface area contributed by atoms with Crippen LogP contribution in [0.15, 0.2) is 35.7 Å². The van der Waals surface area contributed by atoms with Gasteiger partial charge in [0.2, 0.25) is 5.91 Å². The second-order valence-corrected chi connectivity index (χ2v) is 6.93. The van der Waals surface area contributed by atoms with Gasteiger partial charge in [0.05, 0.1) is 13.2 Å². The summed E-state index contributed by atoms with van der Waals surface area (Å²) in [6.07, 6.45) is 0.737. The highest BCUT2D eigenvalue weighted by molar-refractivity contribution is 7.10. The van der Waals surface area contributed by atoms with Gasteiger partial charge >= 0.3 is 0 Å². The van der Waals surface area contributed by atoms with Gasteiger partial charge in [-0.05, 0) is 35.1 Å². The third kappa shape index (κ3) is 2.61. The number of nitrogens with zero attached hydrogens (tertiary/aromatic N) is 1. The number of piperazine rings is 1. The predicted molar refractivity (Wildman–Crippen MR) is 90.9 cm³/mol. The van der Waals surface area contributed by atoms with E-state index in [2.05, 4.69) is 5.32 Å². The maximum absolute atomic E-state index is 13.2. The molecule has 1 fully saturated rings. The fourth-order valence-electron chi connectivity index (χ4n) is 3.39. The molecule has 1 N–H and O–H groups in total. The first-order chi connectivity index (χ1) is 11.8. The molecule has 0 radical (unpaired) electrons. The van der Waals surface area contributed by atoms with Crippen molar-refractivity contribution in [2.24, 2.45) is 0 Å². The molecule has 1 atom stereocenters. The first-order valence-electron chi connectivity index (χ1n) is 8.06. The number of ether oxygens (including phenoxy) is 1. The minimum atomic E-state index is -0.540. The number of carbonyl (C=O) groups excluding carboxylic acids is 2. The Bertz CT molecular complexity index is 773. The van der Waals surface area contributed by atoms with Crippen molar-refractivity contribution in [3.63, 3.8) is 0 Å². The standard InChI is InChI=1S/C18H18N2O3S/c21-17-16(15-5-2-10-24-15)20(8-7-19-17)18(22)14-4-1-3-12-11-23-9-6-13(12)14/h1-5,10,16H,6-9,11H2,(H,19,21). The Hall–Kier alpha value is -2.18. The van der Waals surface area contributed by atoms with Gasteiger partial charge < -0.3 is 15.0 Å². The van der Waals surface area contributed by atoms with Crippen LogP contribution in [0.5, 0.6) is 0 Å². The van der Waals surface area contributed by atoms with Gasteiger partial charge in [0, 0.05) is 23.5 Å². The second kappa shape index (κ2) is 6.37. The number of rotatable bonds is 2. The van der Waals surface area contributed by atoms with Gasteiger partial charge in [-0.2, -0.15) is 0 Å². The number of nitrogens with one attached hydrogen (secondary N) is 1. The minimum Gasteiger partial charge on any atom is -0.376 e. The van der Waals surface area contributed by atoms with Gasteiger partial charge in [-0.15, -0.1) is 11.3 Å². The molecule has 1 aromatic heterocycles. The fraction of sp³-hybridized carbons (Fsp3) is 0.333. The first-order valence-corrected chi connectivity index (χ1v) is 8.94. The van der Waals surface area contributed by atoms with E-state index in [9.17, 15) is 9.59 Å². The highest BCUT2D eigenvalue weighted by atomic mass is 32.1. The van der Waals surface area contributed by atoms with E-state index in [-0.39, 0.29) is 11.8 Å². The van der Waals surface area contributed by atoms with Crippen LogP contribution in [0.25, 0.3) is 0 Å². The highest BCUT2D eigenvalue weighted by Gasteiger charge is 2.36. The third-order valence-corrected chi connectivity index (χ3v) is 5.47. The summed E-state index contributed by atoms with van der Waals surface area (Å²) < 4.78 is 5.49. The van der Waals surface area contributed by atoms with E-state index < -0.39 is 6.04 Å². The van der Waals surface area contributed by atoms with Crippen molar-refractivity contribution in [2.45, 2.75) is 19.1 Å². The molecule has 5 nitrogen and oxygen atoms in total. The lowest BCUT2D eigenvalue weighted by molar-refractivity contribution is -0.127. The molecule has 2 aliphatic rings. The van der Waals surface area contributed by atoms with Crippen molar-refractivity contribution in [3.8, 4) is 0 Å². The fourth-order valence-corrected chi connectivity index (χ4v) is 4.23. The van der Waals surface area contributed by atoms with Gasteiger partial charge in [0.15, 0.2) is 0 Å². The van der Waals surface area contributed by atoms with Crippen LogP contribution < -0.4 is 5.32 Å². The maximum atomic E-state index is 13.2. The molecule has 124 valence electrons. The van der Waals surface area contributed by atoms with Gasteiger partial charge in [0.1, 0.15) is 6.04 Å². The van der Waals surface area contributed by atoms with Crippen molar-refractivity contribution in [1.29, 1.82) is 0 Å². The number of amides is 2. The van der Waals surface area contributed by atoms with Crippen LogP contribution in [-0.2, 0) is 22.6 Å². The second-order valence-electron chi connectivity index (χ2n) is 5.95. The summed E-state index contributed by atoms with van der Waals surface area (Å²) in [7, 11) is 0. The zero-order valence-electron chi connectivity index (χ0n) is 13.2. The van der Waals surface area contributed by atoms with E-state index in [1.807, 2.05) is 35.7 Å². The molecular weight excluding hydrogens is 324 g/mol. The van der Waals surface area contributed by atoms with E-state index in [4.69, 9.17) is 4.74 Å². The Balaban J connectivity index is 1.71. The Morgan fingerprint density at radius 3 is 3.04 bits per heavy atom. The quantitative estimate of drug-likeness (QED) is 0.910. The molecule has 0 saturated carbocycles. The number of hydrogen-bond donors (Lipinski definition) is 1. The van der Waals surface area contributed by atoms with Crippen LogP contribution in [0.2, 0.25) is 0 Å². The average molecular weight is 342 g/mol. The van der Waals surface area contributed by atoms with Crippen LogP contribution in [-0.4, -0.2) is 36.4 Å². The summed E-state index contributed by atoms with van der Waals surface area (Å²) >= 11 is 1.50. The Morgan fingerprint density at radius 2 is 2.21 bits per heavy atom. The van der Waals surface area contributed by atoms with Gasteiger partial charge in [-0.25, -0.2) is 0 Å². The van der Waals surface area contributed by atoms with E-state index in [0.29, 0.717) is 31.9 Å². The lowest BCUT2D eigenvalue weighted by Crippen LogP contribution is -2.52. The van der Waals surface area contributed by atoms with E-state index in [1.165, 1.54) is 11.3 Å². The molecule has 3 heterocycles. The van der Waals surface area contributed by atoms with Crippen LogP contribution in [0.4, 0.5) is 0 Å². The molecule has 0 aliphatic carbocycles. The molecule has 0 bridgehead atoms. The molecule has 2 aromatic rings. The third-order valence-electron chi connectivity index (χ3n) is 4.54. The summed E-state index contributed by atoms with van der Waals surface area (Å²) in [5, 5.41) is 4.81. The number of thiophene rings is 1. The van der Waals surface area contributed by atoms with Crippen molar-refractivity contribution < 1.29 is 14.3 Å². The molecule has 2 amide bonds. The smallest absolute Gasteiger partial charge is 0.255 e. The normalized spacial score (nSPS) is 20.4. The van der Waals surface area contributed by atoms with Crippen molar-refractivity contribution >= 4 is 23.2 Å². The first kappa shape index (κ1) is 15.4. The molecule has 0 spiro atoms. The topological polar surface area (TPSA) is 58.6 Å². The van der Waals surface area contributed by atoms with Crippen LogP contribution in [0, 0.1) is 0 Å². The molecular formula is C18H18N2O3S. The summed E-state index contributed by atoms with van der Waals surface area (Å²) in [5.74, 6) is -0.174. The van der Waals surface area contributed by atoms with Crippen LogP contribution in [0.1, 0.15) is 32.4 Å². The zero-order chi connectivity index (χ0) is 16.5. The van der Waals surface area contributed by atoms with Gasteiger partial charge in [0.25, 0.3) is 5.91 Å². The van der Waals surface area contributed by atoms with E-state index >= 15 is 0 Å².